The summed E-state index contributed by atoms with van der Waals surface area (Å²) in [5, 5.41) is 23.3. The van der Waals surface area contributed by atoms with Crippen molar-refractivity contribution in [1.82, 2.24) is 15.3 Å². The second kappa shape index (κ2) is 12.1. The summed E-state index contributed by atoms with van der Waals surface area (Å²) in [4.78, 5) is 11.1. The predicted molar refractivity (Wildman–Crippen MR) is 139 cm³/mol. The Morgan fingerprint density at radius 2 is 1.86 bits per heavy atom. The van der Waals surface area contributed by atoms with Crippen molar-refractivity contribution in [2.75, 3.05) is 32.8 Å². The first-order valence-corrected chi connectivity index (χ1v) is 12.7. The minimum Gasteiger partial charge on any atom is -0.493 e. The lowest BCUT2D eigenvalue weighted by Gasteiger charge is -2.31. The van der Waals surface area contributed by atoms with Gasteiger partial charge in [-0.2, -0.15) is 0 Å². The molecule has 1 aromatic heterocycles. The fraction of sp³-hybridized carbons (Fsp3) is 0.556. The van der Waals surface area contributed by atoms with Crippen LogP contribution in [-0.4, -0.2) is 66.6 Å². The van der Waals surface area contributed by atoms with E-state index >= 15 is 0 Å². The van der Waals surface area contributed by atoms with Crippen molar-refractivity contribution >= 4 is 5.82 Å². The number of nitrogens with zero attached hydrogens (tertiary/aromatic N) is 3. The molecule has 37 heavy (non-hydrogen) atoms. The summed E-state index contributed by atoms with van der Waals surface area (Å²) in [5.74, 6) is 2.85. The summed E-state index contributed by atoms with van der Waals surface area (Å²) in [6.45, 7) is 4.83. The van der Waals surface area contributed by atoms with Crippen LogP contribution < -0.4 is 24.4 Å². The van der Waals surface area contributed by atoms with Gasteiger partial charge in [-0.3, -0.25) is 0 Å². The molecule has 3 N–H and O–H groups in total. The summed E-state index contributed by atoms with van der Waals surface area (Å²) < 4.78 is 22.7. The second-order valence-electron chi connectivity index (χ2n) is 9.62. The molecular weight excluding hydrogens is 476 g/mol. The third-order valence-electron chi connectivity index (χ3n) is 6.97. The van der Waals surface area contributed by atoms with Crippen molar-refractivity contribution in [2.24, 2.45) is 5.92 Å². The molecule has 1 fully saturated rings. The fourth-order valence-corrected chi connectivity index (χ4v) is 5.11. The molecule has 3 heterocycles. The third kappa shape index (κ3) is 5.67. The monoisotopic (exact) mass is 514 g/mol. The zero-order chi connectivity index (χ0) is 26.5. The molecule has 0 radical (unpaired) electrons. The van der Waals surface area contributed by atoms with Crippen LogP contribution in [0.3, 0.4) is 0 Å². The van der Waals surface area contributed by atoms with E-state index in [-0.39, 0.29) is 30.9 Å². The van der Waals surface area contributed by atoms with Crippen molar-refractivity contribution in [2.45, 2.75) is 64.1 Å². The normalized spacial score (nSPS) is 21.7. The van der Waals surface area contributed by atoms with Crippen molar-refractivity contribution in [3.63, 3.8) is 0 Å². The highest BCUT2D eigenvalue weighted by Gasteiger charge is 2.38. The Morgan fingerprint density at radius 1 is 1.14 bits per heavy atom. The number of allylic oxidation sites excluding steroid dienone is 1. The number of hydrogen-bond donors (Lipinski definition) is 3. The number of methoxy groups -OCH3 is 3. The molecular formula is C27H38N4O6. The van der Waals surface area contributed by atoms with Gasteiger partial charge in [0.05, 0.1) is 39.2 Å². The largest absolute Gasteiger partial charge is 0.493 e. The molecule has 2 aromatic rings. The van der Waals surface area contributed by atoms with Gasteiger partial charge in [0.25, 0.3) is 0 Å². The Kier molecular flexibility index (Phi) is 8.86. The number of hydrogen-bond acceptors (Lipinski definition) is 10. The number of benzene rings is 1. The number of nitrogens with one attached hydrogen (secondary N) is 1. The van der Waals surface area contributed by atoms with E-state index in [1.165, 1.54) is 0 Å². The van der Waals surface area contributed by atoms with E-state index in [4.69, 9.17) is 18.9 Å². The lowest BCUT2D eigenvalue weighted by molar-refractivity contribution is -0.00168. The number of fused-ring (bicyclic) bond motifs is 1. The first-order valence-electron chi connectivity index (χ1n) is 12.7. The summed E-state index contributed by atoms with van der Waals surface area (Å²) in [5.41, 5.74) is 2.95. The molecule has 2 aliphatic heterocycles. The van der Waals surface area contributed by atoms with Gasteiger partial charge in [0.15, 0.2) is 11.5 Å². The number of aromatic nitrogens is 2. The molecule has 202 valence electrons. The van der Waals surface area contributed by atoms with Gasteiger partial charge >= 0.3 is 0 Å². The molecule has 4 rings (SSSR count). The van der Waals surface area contributed by atoms with E-state index in [0.717, 1.165) is 22.6 Å². The Labute approximate surface area is 218 Å². The molecule has 10 nitrogen and oxygen atoms in total. The van der Waals surface area contributed by atoms with Crippen molar-refractivity contribution in [3.8, 4) is 17.2 Å². The second-order valence-corrected chi connectivity index (χ2v) is 9.62. The predicted octanol–water partition coefficient (Wildman–Crippen LogP) is 2.72. The lowest BCUT2D eigenvalue weighted by Crippen LogP contribution is -2.35. The van der Waals surface area contributed by atoms with Gasteiger partial charge in [-0.25, -0.2) is 9.97 Å². The van der Waals surface area contributed by atoms with E-state index in [2.05, 4.69) is 35.2 Å². The van der Waals surface area contributed by atoms with Crippen LogP contribution in [0.25, 0.3) is 0 Å². The summed E-state index contributed by atoms with van der Waals surface area (Å²) in [6, 6.07) is 3.96. The lowest BCUT2D eigenvalue weighted by atomic mass is 9.95. The molecule has 0 amide bonds. The van der Waals surface area contributed by atoms with E-state index in [9.17, 15) is 10.2 Å². The molecule has 1 aromatic carbocycles. The van der Waals surface area contributed by atoms with Crippen LogP contribution in [0.5, 0.6) is 17.2 Å². The summed E-state index contributed by atoms with van der Waals surface area (Å²) in [6.07, 6.45) is 5.78. The van der Waals surface area contributed by atoms with Crippen LogP contribution in [0.1, 0.15) is 49.6 Å². The number of aliphatic hydroxyl groups excluding tert-OH is 2. The molecule has 2 aliphatic rings. The van der Waals surface area contributed by atoms with Crippen LogP contribution in [0.15, 0.2) is 30.7 Å². The van der Waals surface area contributed by atoms with Gasteiger partial charge in [-0.15, -0.1) is 0 Å². The molecule has 3 unspecified atom stereocenters. The summed E-state index contributed by atoms with van der Waals surface area (Å²) in [7, 11) is 4.83. The zero-order valence-electron chi connectivity index (χ0n) is 22.2. The Bertz CT molecular complexity index is 1070. The molecule has 0 bridgehead atoms. The van der Waals surface area contributed by atoms with E-state index in [1.807, 2.05) is 23.2 Å². The molecule has 10 heteroatoms. The molecule has 1 saturated heterocycles. The van der Waals surface area contributed by atoms with Crippen molar-refractivity contribution in [3.05, 3.63) is 47.6 Å². The van der Waals surface area contributed by atoms with Crippen molar-refractivity contribution < 1.29 is 29.2 Å². The molecule has 0 spiro atoms. The van der Waals surface area contributed by atoms with Crippen molar-refractivity contribution in [1.29, 1.82) is 0 Å². The Balaban J connectivity index is 1.56. The standard InChI is InChI=1S/C27H38N4O6/c1-16(2)25(17-11-22(34-3)26(36-5)23(12-17)35-4)28-14-19-18-7-6-9-31(27(18)30-15-29-19)24-13-20(33)21(37-24)8-10-32/h6,9,11-12,15-16,20-21,24-25,28,32-33H,7-8,10,13-14H2,1-5H3/t20?,21?,24?,25-/m0/s1. The molecule has 0 aliphatic carbocycles. The van der Waals surface area contributed by atoms with Crippen LogP contribution in [0.4, 0.5) is 5.82 Å². The molecule has 4 atom stereocenters. The maximum Gasteiger partial charge on any atom is 0.203 e. The first-order chi connectivity index (χ1) is 17.9. The number of rotatable bonds is 11. The van der Waals surface area contributed by atoms with Gasteiger partial charge < -0.3 is 39.4 Å². The van der Waals surface area contributed by atoms with Gasteiger partial charge in [0.1, 0.15) is 18.4 Å². The average molecular weight is 515 g/mol. The zero-order valence-corrected chi connectivity index (χ0v) is 22.2. The van der Waals surface area contributed by atoms with E-state index in [1.54, 1.807) is 27.7 Å². The van der Waals surface area contributed by atoms with E-state index < -0.39 is 6.10 Å². The first kappa shape index (κ1) is 27.1. The fourth-order valence-electron chi connectivity index (χ4n) is 5.11. The number of aliphatic hydroxyl groups is 2. The van der Waals surface area contributed by atoms with Gasteiger partial charge in [-0.1, -0.05) is 19.9 Å². The van der Waals surface area contributed by atoms with E-state index in [0.29, 0.717) is 43.1 Å². The minimum atomic E-state index is -0.621. The third-order valence-corrected chi connectivity index (χ3v) is 6.97. The van der Waals surface area contributed by atoms with Crippen LogP contribution in [-0.2, 0) is 17.7 Å². The highest BCUT2D eigenvalue weighted by Crippen LogP contribution is 2.41. The quantitative estimate of drug-likeness (QED) is 0.413. The smallest absolute Gasteiger partial charge is 0.203 e. The number of anilines is 1. The minimum absolute atomic E-state index is 0.00195. The maximum absolute atomic E-state index is 10.4. The highest BCUT2D eigenvalue weighted by atomic mass is 16.5. The van der Waals surface area contributed by atoms with Gasteiger partial charge in [0, 0.05) is 37.4 Å². The van der Waals surface area contributed by atoms with Gasteiger partial charge in [0.2, 0.25) is 5.75 Å². The highest BCUT2D eigenvalue weighted by molar-refractivity contribution is 5.56. The van der Waals surface area contributed by atoms with Gasteiger partial charge in [-0.05, 0) is 36.5 Å². The average Bonchev–Trinajstić information content (AvgIpc) is 3.27. The topological polar surface area (TPSA) is 118 Å². The Hall–Kier alpha value is -2.92. The Morgan fingerprint density at radius 3 is 2.49 bits per heavy atom. The summed E-state index contributed by atoms with van der Waals surface area (Å²) >= 11 is 0. The van der Waals surface area contributed by atoms with Crippen LogP contribution in [0, 0.1) is 5.92 Å². The SMILES string of the molecule is COc1cc([C@@H](NCc2ncnc3c2CC=CN3C2CC(O)C(CCO)O2)C(C)C)cc(OC)c1OC. The maximum atomic E-state index is 10.4. The molecule has 0 saturated carbocycles. The number of ether oxygens (including phenoxy) is 4. The van der Waals surface area contributed by atoms with Crippen LogP contribution >= 0.6 is 0 Å². The van der Waals surface area contributed by atoms with Crippen LogP contribution in [0.2, 0.25) is 0 Å².